The number of thiazole rings is 1. The van der Waals surface area contributed by atoms with Gasteiger partial charge in [-0.05, 0) is 28.8 Å². The van der Waals surface area contributed by atoms with Gasteiger partial charge in [-0.1, -0.05) is 36.4 Å². The lowest BCUT2D eigenvalue weighted by Gasteiger charge is -2.08. The van der Waals surface area contributed by atoms with E-state index in [1.165, 1.54) is 16.7 Å². The van der Waals surface area contributed by atoms with Crippen molar-refractivity contribution in [3.63, 3.8) is 0 Å². The van der Waals surface area contributed by atoms with E-state index < -0.39 is 0 Å². The Morgan fingerprint density at radius 1 is 0.880 bits per heavy atom. The van der Waals surface area contributed by atoms with Gasteiger partial charge in [-0.25, -0.2) is 4.98 Å². The highest BCUT2D eigenvalue weighted by molar-refractivity contribution is 7.07. The molecule has 4 nitrogen and oxygen atoms in total. The van der Waals surface area contributed by atoms with Gasteiger partial charge in [-0.2, -0.15) is 0 Å². The molecule has 0 saturated carbocycles. The molecule has 3 aromatic rings. The molecule has 25 heavy (non-hydrogen) atoms. The van der Waals surface area contributed by atoms with Crippen molar-refractivity contribution in [3.8, 4) is 5.75 Å². The highest BCUT2D eigenvalue weighted by Crippen LogP contribution is 2.14. The summed E-state index contributed by atoms with van der Waals surface area (Å²) >= 11 is 1.58. The fourth-order valence-corrected chi connectivity index (χ4v) is 2.98. The molecule has 0 atom stereocenters. The summed E-state index contributed by atoms with van der Waals surface area (Å²) < 4.78 is 10.8. The standard InChI is InChI=1S/C20H22N2O2S/c1-23-12-18-4-2-16(3-5-18)10-21-11-17-6-8-20(9-7-17)24-13-19-14-25-15-22-19/h2-9,14-15,21H,10-13H2,1H3. The highest BCUT2D eigenvalue weighted by atomic mass is 32.1. The first-order chi connectivity index (χ1) is 12.3. The van der Waals surface area contributed by atoms with Crippen LogP contribution in [-0.4, -0.2) is 12.1 Å². The number of nitrogens with one attached hydrogen (secondary N) is 1. The molecule has 3 rings (SSSR count). The maximum atomic E-state index is 5.72. The van der Waals surface area contributed by atoms with Gasteiger partial charge in [-0.3, -0.25) is 0 Å². The molecule has 1 aromatic heterocycles. The smallest absolute Gasteiger partial charge is 0.131 e. The summed E-state index contributed by atoms with van der Waals surface area (Å²) in [6.07, 6.45) is 0. The van der Waals surface area contributed by atoms with E-state index in [1.807, 2.05) is 23.0 Å². The Labute approximate surface area is 152 Å². The number of benzene rings is 2. The Morgan fingerprint density at radius 2 is 1.52 bits per heavy atom. The van der Waals surface area contributed by atoms with Crippen LogP contribution in [0.15, 0.2) is 59.4 Å². The quantitative estimate of drug-likeness (QED) is 0.627. The summed E-state index contributed by atoms with van der Waals surface area (Å²) in [6.45, 7) is 2.84. The number of ether oxygens (including phenoxy) is 2. The van der Waals surface area contributed by atoms with Gasteiger partial charge < -0.3 is 14.8 Å². The first kappa shape index (κ1) is 17.6. The molecule has 0 fully saturated rings. The first-order valence-electron chi connectivity index (χ1n) is 8.20. The second-order valence-corrected chi connectivity index (χ2v) is 6.48. The fraction of sp³-hybridized carbons (Fsp3) is 0.250. The summed E-state index contributed by atoms with van der Waals surface area (Å²) in [5.41, 5.74) is 6.48. The second-order valence-electron chi connectivity index (χ2n) is 5.77. The van der Waals surface area contributed by atoms with Gasteiger partial charge in [0.2, 0.25) is 0 Å². The molecule has 1 heterocycles. The van der Waals surface area contributed by atoms with Gasteiger partial charge in [-0.15, -0.1) is 11.3 Å². The summed E-state index contributed by atoms with van der Waals surface area (Å²) in [4.78, 5) is 4.21. The van der Waals surface area contributed by atoms with Gasteiger partial charge in [0.15, 0.2) is 0 Å². The monoisotopic (exact) mass is 354 g/mol. The summed E-state index contributed by atoms with van der Waals surface area (Å²) in [6, 6.07) is 16.7. The summed E-state index contributed by atoms with van der Waals surface area (Å²) in [5.74, 6) is 0.866. The van der Waals surface area contributed by atoms with E-state index in [4.69, 9.17) is 9.47 Å². The van der Waals surface area contributed by atoms with Crippen molar-refractivity contribution in [1.82, 2.24) is 10.3 Å². The minimum Gasteiger partial charge on any atom is -0.487 e. The van der Waals surface area contributed by atoms with Crippen LogP contribution < -0.4 is 10.1 Å². The summed E-state index contributed by atoms with van der Waals surface area (Å²) in [5, 5.41) is 5.46. The van der Waals surface area contributed by atoms with E-state index in [2.05, 4.69) is 46.7 Å². The number of methoxy groups -OCH3 is 1. The van der Waals surface area contributed by atoms with Crippen molar-refractivity contribution in [2.24, 2.45) is 0 Å². The SMILES string of the molecule is COCc1ccc(CNCc2ccc(OCc3cscn3)cc2)cc1. The first-order valence-corrected chi connectivity index (χ1v) is 9.14. The van der Waals surface area contributed by atoms with Gasteiger partial charge in [0.25, 0.3) is 0 Å². The molecule has 0 aliphatic heterocycles. The topological polar surface area (TPSA) is 43.4 Å². The maximum absolute atomic E-state index is 5.72. The number of hydrogen-bond donors (Lipinski definition) is 1. The van der Waals surface area contributed by atoms with Gasteiger partial charge >= 0.3 is 0 Å². The maximum Gasteiger partial charge on any atom is 0.131 e. The largest absolute Gasteiger partial charge is 0.487 e. The van der Waals surface area contributed by atoms with Crippen LogP contribution in [0.1, 0.15) is 22.4 Å². The molecule has 0 unspecified atom stereocenters. The van der Waals surface area contributed by atoms with Crippen LogP contribution in [-0.2, 0) is 31.0 Å². The van der Waals surface area contributed by atoms with Gasteiger partial charge in [0, 0.05) is 25.6 Å². The Hall–Kier alpha value is -2.21. The van der Waals surface area contributed by atoms with E-state index in [0.29, 0.717) is 13.2 Å². The van der Waals surface area contributed by atoms with E-state index in [-0.39, 0.29) is 0 Å². The van der Waals surface area contributed by atoms with Crippen LogP contribution in [0, 0.1) is 0 Å². The molecule has 0 spiro atoms. The summed E-state index contributed by atoms with van der Waals surface area (Å²) in [7, 11) is 1.71. The van der Waals surface area contributed by atoms with Gasteiger partial charge in [0.05, 0.1) is 17.8 Å². The molecule has 0 bridgehead atoms. The number of aromatic nitrogens is 1. The number of nitrogens with zero attached hydrogens (tertiary/aromatic N) is 1. The molecule has 0 aliphatic rings. The minimum atomic E-state index is 0.514. The Balaban J connectivity index is 1.42. The van der Waals surface area contributed by atoms with Crippen LogP contribution in [0.4, 0.5) is 0 Å². The molecule has 0 aliphatic carbocycles. The average Bonchev–Trinajstić information content (AvgIpc) is 3.16. The van der Waals surface area contributed by atoms with Crippen LogP contribution >= 0.6 is 11.3 Å². The van der Waals surface area contributed by atoms with Crippen molar-refractivity contribution in [2.75, 3.05) is 7.11 Å². The Morgan fingerprint density at radius 3 is 2.12 bits per heavy atom. The number of hydrogen-bond acceptors (Lipinski definition) is 5. The van der Waals surface area contributed by atoms with Crippen molar-refractivity contribution < 1.29 is 9.47 Å². The molecular formula is C20H22N2O2S. The van der Waals surface area contributed by atoms with Crippen LogP contribution in [0.5, 0.6) is 5.75 Å². The zero-order chi connectivity index (χ0) is 17.3. The Kier molecular flexibility index (Phi) is 6.56. The molecule has 0 radical (unpaired) electrons. The van der Waals surface area contributed by atoms with Gasteiger partial charge in [0.1, 0.15) is 12.4 Å². The van der Waals surface area contributed by atoms with E-state index in [0.717, 1.165) is 24.5 Å². The molecule has 2 aromatic carbocycles. The van der Waals surface area contributed by atoms with E-state index >= 15 is 0 Å². The zero-order valence-corrected chi connectivity index (χ0v) is 15.1. The predicted molar refractivity (Wildman–Crippen MR) is 101 cm³/mol. The normalized spacial score (nSPS) is 10.8. The lowest BCUT2D eigenvalue weighted by atomic mass is 10.1. The molecule has 0 saturated heterocycles. The molecular weight excluding hydrogens is 332 g/mol. The zero-order valence-electron chi connectivity index (χ0n) is 14.3. The Bertz CT molecular complexity index is 740. The third-order valence-electron chi connectivity index (χ3n) is 3.79. The third-order valence-corrected chi connectivity index (χ3v) is 4.42. The molecule has 1 N–H and O–H groups in total. The minimum absolute atomic E-state index is 0.514. The third kappa shape index (κ3) is 5.67. The lowest BCUT2D eigenvalue weighted by molar-refractivity contribution is 0.185. The predicted octanol–water partition coefficient (Wildman–Crippen LogP) is 4.16. The van der Waals surface area contributed by atoms with E-state index in [9.17, 15) is 0 Å². The highest BCUT2D eigenvalue weighted by Gasteiger charge is 1.99. The fourth-order valence-electron chi connectivity index (χ4n) is 2.44. The van der Waals surface area contributed by atoms with Crippen LogP contribution in [0.25, 0.3) is 0 Å². The van der Waals surface area contributed by atoms with Crippen molar-refractivity contribution in [2.45, 2.75) is 26.3 Å². The van der Waals surface area contributed by atoms with Crippen LogP contribution in [0.3, 0.4) is 0 Å². The second kappa shape index (κ2) is 9.32. The van der Waals surface area contributed by atoms with Crippen molar-refractivity contribution >= 4 is 11.3 Å². The molecule has 5 heteroatoms. The molecule has 0 amide bonds. The number of rotatable bonds is 9. The van der Waals surface area contributed by atoms with Crippen molar-refractivity contribution in [1.29, 1.82) is 0 Å². The van der Waals surface area contributed by atoms with Crippen LogP contribution in [0.2, 0.25) is 0 Å². The van der Waals surface area contributed by atoms with E-state index in [1.54, 1.807) is 18.4 Å². The lowest BCUT2D eigenvalue weighted by Crippen LogP contribution is -2.12. The molecule has 130 valence electrons. The average molecular weight is 354 g/mol. The van der Waals surface area contributed by atoms with Crippen molar-refractivity contribution in [3.05, 3.63) is 81.8 Å².